The second-order valence-corrected chi connectivity index (χ2v) is 11.0. The van der Waals surface area contributed by atoms with E-state index in [4.69, 9.17) is 0 Å². The first-order chi connectivity index (χ1) is 14.6. The van der Waals surface area contributed by atoms with Crippen LogP contribution in [0.1, 0.15) is 30.0 Å². The fourth-order valence-electron chi connectivity index (χ4n) is 4.84. The maximum Gasteiger partial charge on any atom is 0.271 e. The molecule has 31 heavy (non-hydrogen) atoms. The van der Waals surface area contributed by atoms with Gasteiger partial charge in [0.2, 0.25) is 15.9 Å². The number of amides is 2. The Bertz CT molecular complexity index is 1010. The molecule has 3 aliphatic heterocycles. The molecule has 0 saturated carbocycles. The summed E-state index contributed by atoms with van der Waals surface area (Å²) in [6, 6.07) is 3.15. The van der Waals surface area contributed by atoms with E-state index in [0.717, 1.165) is 49.0 Å². The number of H-pyrrole nitrogens is 1. The van der Waals surface area contributed by atoms with E-state index in [1.807, 2.05) is 19.9 Å². The molecule has 1 aromatic rings. The molecule has 1 N–H and O–H groups in total. The van der Waals surface area contributed by atoms with Crippen molar-refractivity contribution >= 4 is 21.8 Å². The molecule has 2 saturated heterocycles. The highest BCUT2D eigenvalue weighted by Gasteiger charge is 2.54. The van der Waals surface area contributed by atoms with Crippen LogP contribution in [-0.2, 0) is 21.4 Å². The molecule has 0 spiro atoms. The number of hydrogen-bond acceptors (Lipinski definition) is 6. The fraction of sp³-hybridized carbons (Fsp3) is 0.619. The smallest absolute Gasteiger partial charge is 0.271 e. The van der Waals surface area contributed by atoms with Crippen LogP contribution in [0.4, 0.5) is 0 Å². The predicted molar refractivity (Wildman–Crippen MR) is 116 cm³/mol. The average Bonchev–Trinajstić information content (AvgIpc) is 3.36. The van der Waals surface area contributed by atoms with Crippen LogP contribution in [0.3, 0.4) is 0 Å². The van der Waals surface area contributed by atoms with Crippen LogP contribution in [-0.4, -0.2) is 96.3 Å². The number of piperazine rings is 1. The third kappa shape index (κ3) is 4.04. The number of aromatic amines is 1. The Morgan fingerprint density at radius 3 is 2.48 bits per heavy atom. The first kappa shape index (κ1) is 22.0. The molecule has 4 heterocycles. The minimum Gasteiger partial charge on any atom is -0.353 e. The molecular formula is C21H31N5O4S. The third-order valence-corrected chi connectivity index (χ3v) is 7.53. The van der Waals surface area contributed by atoms with E-state index in [1.165, 1.54) is 0 Å². The summed E-state index contributed by atoms with van der Waals surface area (Å²) in [6.45, 7) is 8.83. The Labute approximate surface area is 183 Å². The predicted octanol–water partition coefficient (Wildman–Crippen LogP) is 0.544. The number of likely N-dealkylation sites (N-methyl/N-ethyl adjacent to an activating group) is 1. The van der Waals surface area contributed by atoms with Crippen LogP contribution in [0.25, 0.3) is 0 Å². The molecule has 2 fully saturated rings. The number of fused-ring (bicyclic) bond motifs is 1. The van der Waals surface area contributed by atoms with Crippen molar-refractivity contribution in [2.45, 2.75) is 26.4 Å². The second-order valence-electron chi connectivity index (χ2n) is 9.14. The minimum absolute atomic E-state index is 0.0996. The number of nitrogens with zero attached hydrogens (tertiary/aromatic N) is 4. The summed E-state index contributed by atoms with van der Waals surface area (Å²) in [7, 11) is -1.63. The van der Waals surface area contributed by atoms with E-state index in [9.17, 15) is 18.0 Å². The van der Waals surface area contributed by atoms with Crippen molar-refractivity contribution in [2.75, 3.05) is 46.0 Å². The van der Waals surface area contributed by atoms with Crippen LogP contribution in [0.2, 0.25) is 0 Å². The maximum atomic E-state index is 13.3. The molecule has 0 bridgehead atoms. The zero-order valence-corrected chi connectivity index (χ0v) is 19.4. The summed E-state index contributed by atoms with van der Waals surface area (Å²) >= 11 is 0. The molecular weight excluding hydrogens is 418 g/mol. The van der Waals surface area contributed by atoms with Gasteiger partial charge in [0.15, 0.2) is 0 Å². The van der Waals surface area contributed by atoms with E-state index in [1.54, 1.807) is 17.0 Å². The highest BCUT2D eigenvalue weighted by Crippen LogP contribution is 2.41. The summed E-state index contributed by atoms with van der Waals surface area (Å²) in [4.78, 5) is 35.7. The van der Waals surface area contributed by atoms with Gasteiger partial charge in [-0.1, -0.05) is 13.8 Å². The molecule has 2 atom stereocenters. The Kier molecular flexibility index (Phi) is 5.74. The van der Waals surface area contributed by atoms with Crippen molar-refractivity contribution < 1.29 is 18.0 Å². The summed E-state index contributed by atoms with van der Waals surface area (Å²) in [5.74, 6) is -1.34. The number of carbonyl (C=O) groups excluding carboxylic acids is 2. The standard InChI is InChI=1S/C21H31N5O4S/c1-14(2)18-19-17(26(21(18)28)31(4,29)30)7-8-25(19)20(27)16-6-5-15(22-16)13-24-11-9-23(3)10-12-24/h5-7,14,18-19,22H,8-13H2,1-4H3/t18-,19+/m0/s1. The van der Waals surface area contributed by atoms with E-state index in [-0.39, 0.29) is 18.4 Å². The molecule has 9 nitrogen and oxygen atoms in total. The topological polar surface area (TPSA) is 97.0 Å². The van der Waals surface area contributed by atoms with Crippen LogP contribution >= 0.6 is 0 Å². The lowest BCUT2D eigenvalue weighted by molar-refractivity contribution is -0.128. The number of carbonyl (C=O) groups is 2. The molecule has 2 amide bonds. The van der Waals surface area contributed by atoms with Gasteiger partial charge in [-0.2, -0.15) is 0 Å². The Balaban J connectivity index is 1.52. The van der Waals surface area contributed by atoms with Gasteiger partial charge in [-0.15, -0.1) is 0 Å². The van der Waals surface area contributed by atoms with Crippen LogP contribution in [0.5, 0.6) is 0 Å². The second kappa shape index (κ2) is 8.07. The third-order valence-electron chi connectivity index (χ3n) is 6.47. The van der Waals surface area contributed by atoms with Crippen molar-refractivity contribution in [3.63, 3.8) is 0 Å². The van der Waals surface area contributed by atoms with Gasteiger partial charge in [0.05, 0.1) is 23.9 Å². The van der Waals surface area contributed by atoms with Crippen molar-refractivity contribution in [1.29, 1.82) is 0 Å². The van der Waals surface area contributed by atoms with Gasteiger partial charge in [-0.25, -0.2) is 12.7 Å². The highest BCUT2D eigenvalue weighted by atomic mass is 32.2. The van der Waals surface area contributed by atoms with E-state index < -0.39 is 27.9 Å². The fourth-order valence-corrected chi connectivity index (χ4v) is 5.85. The molecule has 10 heteroatoms. The number of sulfonamides is 1. The Hall–Kier alpha value is -2.17. The first-order valence-electron chi connectivity index (χ1n) is 10.7. The lowest BCUT2D eigenvalue weighted by atomic mass is 9.89. The lowest BCUT2D eigenvalue weighted by Crippen LogP contribution is -2.44. The molecule has 0 unspecified atom stereocenters. The SMILES string of the molecule is CC(C)[C@@H]1C(=O)N(S(C)(=O)=O)C2=CCN(C(=O)c3ccc(CN4CCN(C)CC4)[nH]3)[C@H]21. The van der Waals surface area contributed by atoms with Gasteiger partial charge in [0.25, 0.3) is 5.91 Å². The largest absolute Gasteiger partial charge is 0.353 e. The Morgan fingerprint density at radius 1 is 1.19 bits per heavy atom. The van der Waals surface area contributed by atoms with E-state index in [0.29, 0.717) is 11.4 Å². The van der Waals surface area contributed by atoms with Crippen LogP contribution in [0.15, 0.2) is 23.9 Å². The summed E-state index contributed by atoms with van der Waals surface area (Å²) in [5, 5.41) is 0. The molecule has 0 aliphatic carbocycles. The van der Waals surface area contributed by atoms with Crippen molar-refractivity contribution in [2.24, 2.45) is 11.8 Å². The number of rotatable bonds is 5. The van der Waals surface area contributed by atoms with Gasteiger partial charge in [0, 0.05) is 45.0 Å². The van der Waals surface area contributed by atoms with Crippen molar-refractivity contribution in [3.8, 4) is 0 Å². The van der Waals surface area contributed by atoms with Gasteiger partial charge in [-0.05, 0) is 31.2 Å². The van der Waals surface area contributed by atoms with Gasteiger partial charge in [0.1, 0.15) is 5.69 Å². The molecule has 0 aromatic carbocycles. The van der Waals surface area contributed by atoms with Gasteiger partial charge < -0.3 is 14.8 Å². The monoisotopic (exact) mass is 449 g/mol. The zero-order chi connectivity index (χ0) is 22.5. The van der Waals surface area contributed by atoms with Crippen molar-refractivity contribution in [3.05, 3.63) is 35.3 Å². The van der Waals surface area contributed by atoms with Gasteiger partial charge in [-0.3, -0.25) is 14.5 Å². The quantitative estimate of drug-likeness (QED) is 0.705. The van der Waals surface area contributed by atoms with Gasteiger partial charge >= 0.3 is 0 Å². The molecule has 4 rings (SSSR count). The highest BCUT2D eigenvalue weighted by molar-refractivity contribution is 7.89. The summed E-state index contributed by atoms with van der Waals surface area (Å²) < 4.78 is 25.4. The lowest BCUT2D eigenvalue weighted by Gasteiger charge is -2.32. The number of aromatic nitrogens is 1. The summed E-state index contributed by atoms with van der Waals surface area (Å²) in [5.41, 5.74) is 1.84. The minimum atomic E-state index is -3.74. The normalized spacial score (nSPS) is 25.5. The molecule has 170 valence electrons. The Morgan fingerprint density at radius 2 is 1.87 bits per heavy atom. The average molecular weight is 450 g/mol. The number of hydrogen-bond donors (Lipinski definition) is 1. The molecule has 1 aromatic heterocycles. The molecule has 0 radical (unpaired) electrons. The first-order valence-corrected chi connectivity index (χ1v) is 12.6. The maximum absolute atomic E-state index is 13.3. The summed E-state index contributed by atoms with van der Waals surface area (Å²) in [6.07, 6.45) is 2.73. The molecule has 3 aliphatic rings. The van der Waals surface area contributed by atoms with Crippen LogP contribution in [0, 0.1) is 11.8 Å². The van der Waals surface area contributed by atoms with E-state index >= 15 is 0 Å². The number of nitrogens with one attached hydrogen (secondary N) is 1. The van der Waals surface area contributed by atoms with Crippen LogP contribution < -0.4 is 0 Å². The van der Waals surface area contributed by atoms with Crippen molar-refractivity contribution in [1.82, 2.24) is 24.0 Å². The zero-order valence-electron chi connectivity index (χ0n) is 18.5. The van der Waals surface area contributed by atoms with E-state index in [2.05, 4.69) is 21.8 Å².